The van der Waals surface area contributed by atoms with E-state index in [1.807, 2.05) is 4.72 Å². The average molecular weight is 313 g/mol. The zero-order valence-corrected chi connectivity index (χ0v) is 11.2. The monoisotopic (exact) mass is 313 g/mol. The Morgan fingerprint density at radius 2 is 1.71 bits per heavy atom. The van der Waals surface area contributed by atoms with E-state index in [1.54, 1.807) is 0 Å². The Morgan fingerprint density at radius 3 is 2.33 bits per heavy atom. The van der Waals surface area contributed by atoms with Gasteiger partial charge in [0.05, 0.1) is 11.3 Å². The van der Waals surface area contributed by atoms with E-state index < -0.39 is 38.1 Å². The van der Waals surface area contributed by atoms with Crippen molar-refractivity contribution >= 4 is 21.7 Å². The van der Waals surface area contributed by atoms with Gasteiger partial charge in [-0.2, -0.15) is 0 Å². The van der Waals surface area contributed by atoms with Crippen LogP contribution in [0, 0.1) is 11.6 Å². The molecule has 0 heterocycles. The number of carboxylic acids is 1. The molecule has 5 nitrogen and oxygen atoms in total. The zero-order valence-electron chi connectivity index (χ0n) is 10.4. The lowest BCUT2D eigenvalue weighted by molar-refractivity contribution is 0.0696. The Bertz CT molecular complexity index is 806. The largest absolute Gasteiger partial charge is 0.478 e. The fraction of sp³-hybridized carbons (Fsp3) is 0. The predicted molar refractivity (Wildman–Crippen MR) is 70.6 cm³/mol. The molecular weight excluding hydrogens is 304 g/mol. The van der Waals surface area contributed by atoms with Gasteiger partial charge < -0.3 is 5.11 Å². The third kappa shape index (κ3) is 3.16. The van der Waals surface area contributed by atoms with Crippen LogP contribution in [0.15, 0.2) is 47.4 Å². The Morgan fingerprint density at radius 1 is 1.05 bits per heavy atom. The van der Waals surface area contributed by atoms with Crippen LogP contribution >= 0.6 is 0 Å². The average Bonchev–Trinajstić information content (AvgIpc) is 2.41. The smallest absolute Gasteiger partial charge is 0.335 e. The fourth-order valence-corrected chi connectivity index (χ4v) is 2.76. The number of nitrogens with one attached hydrogen (secondary N) is 1. The van der Waals surface area contributed by atoms with Crippen molar-refractivity contribution in [3.05, 3.63) is 59.7 Å². The first-order chi connectivity index (χ1) is 9.81. The van der Waals surface area contributed by atoms with E-state index in [4.69, 9.17) is 5.11 Å². The topological polar surface area (TPSA) is 83.5 Å². The normalized spacial score (nSPS) is 11.1. The van der Waals surface area contributed by atoms with E-state index in [9.17, 15) is 22.0 Å². The van der Waals surface area contributed by atoms with Crippen molar-refractivity contribution in [1.29, 1.82) is 0 Å². The fourth-order valence-electron chi connectivity index (χ4n) is 1.59. The summed E-state index contributed by atoms with van der Waals surface area (Å²) in [5.41, 5.74) is -0.761. The highest BCUT2D eigenvalue weighted by molar-refractivity contribution is 7.92. The molecule has 2 aromatic carbocycles. The minimum atomic E-state index is -4.45. The van der Waals surface area contributed by atoms with Crippen LogP contribution in [0.25, 0.3) is 0 Å². The van der Waals surface area contributed by atoms with Crippen molar-refractivity contribution in [2.45, 2.75) is 4.90 Å². The minimum Gasteiger partial charge on any atom is -0.478 e. The first-order valence-electron chi connectivity index (χ1n) is 5.61. The molecule has 21 heavy (non-hydrogen) atoms. The number of carbonyl (C=O) groups is 1. The predicted octanol–water partition coefficient (Wildman–Crippen LogP) is 2.46. The van der Waals surface area contributed by atoms with Gasteiger partial charge in [-0.3, -0.25) is 4.72 Å². The molecule has 0 spiro atoms. The molecule has 110 valence electrons. The molecule has 2 rings (SSSR count). The summed E-state index contributed by atoms with van der Waals surface area (Å²) >= 11 is 0. The lowest BCUT2D eigenvalue weighted by Gasteiger charge is -2.10. The van der Waals surface area contributed by atoms with E-state index in [2.05, 4.69) is 0 Å². The molecule has 0 fully saturated rings. The summed E-state index contributed by atoms with van der Waals surface area (Å²) in [4.78, 5) is 9.94. The van der Waals surface area contributed by atoms with Gasteiger partial charge in [-0.15, -0.1) is 0 Å². The van der Waals surface area contributed by atoms with Crippen LogP contribution in [0.5, 0.6) is 0 Å². The van der Waals surface area contributed by atoms with E-state index >= 15 is 0 Å². The molecular formula is C13H9F2NO4S. The van der Waals surface area contributed by atoms with Crippen molar-refractivity contribution in [1.82, 2.24) is 0 Å². The Balaban J connectivity index is 2.47. The van der Waals surface area contributed by atoms with Gasteiger partial charge in [0.15, 0.2) is 0 Å². The van der Waals surface area contributed by atoms with Crippen molar-refractivity contribution in [3.8, 4) is 0 Å². The number of aromatic carboxylic acids is 1. The lowest BCUT2D eigenvalue weighted by Crippen LogP contribution is -2.16. The summed E-state index contributed by atoms with van der Waals surface area (Å²) in [7, 11) is -4.45. The Labute approximate surface area is 118 Å². The lowest BCUT2D eigenvalue weighted by atomic mass is 10.2. The maximum Gasteiger partial charge on any atom is 0.335 e. The number of carboxylic acid groups (broad SMARTS) is 1. The van der Waals surface area contributed by atoms with Crippen molar-refractivity contribution in [2.75, 3.05) is 4.72 Å². The van der Waals surface area contributed by atoms with Gasteiger partial charge in [-0.1, -0.05) is 12.1 Å². The summed E-state index contributed by atoms with van der Waals surface area (Å²) in [6.07, 6.45) is 0. The summed E-state index contributed by atoms with van der Waals surface area (Å²) < 4.78 is 53.0. The summed E-state index contributed by atoms with van der Waals surface area (Å²) in [5, 5.41) is 8.80. The van der Waals surface area contributed by atoms with Crippen molar-refractivity contribution < 1.29 is 27.1 Å². The molecule has 0 bridgehead atoms. The molecule has 0 aromatic heterocycles. The van der Waals surface area contributed by atoms with Crippen molar-refractivity contribution in [2.24, 2.45) is 0 Å². The van der Waals surface area contributed by atoms with Gasteiger partial charge in [0.1, 0.15) is 16.5 Å². The van der Waals surface area contributed by atoms with Crippen LogP contribution < -0.4 is 4.72 Å². The molecule has 0 aliphatic heterocycles. The van der Waals surface area contributed by atoms with Gasteiger partial charge in [0.2, 0.25) is 0 Å². The molecule has 0 aliphatic carbocycles. The number of sulfonamides is 1. The number of hydrogen-bond acceptors (Lipinski definition) is 3. The molecule has 0 atom stereocenters. The maximum atomic E-state index is 13.6. The molecule has 0 aliphatic rings. The van der Waals surface area contributed by atoms with Crippen LogP contribution in [-0.4, -0.2) is 19.5 Å². The van der Waals surface area contributed by atoms with Crippen molar-refractivity contribution in [3.63, 3.8) is 0 Å². The second kappa shape index (κ2) is 5.49. The third-order valence-electron chi connectivity index (χ3n) is 2.59. The number of anilines is 1. The van der Waals surface area contributed by atoms with Gasteiger partial charge in [0, 0.05) is 0 Å². The molecule has 0 saturated carbocycles. The van der Waals surface area contributed by atoms with Gasteiger partial charge in [-0.05, 0) is 30.3 Å². The first-order valence-corrected chi connectivity index (χ1v) is 7.10. The van der Waals surface area contributed by atoms with E-state index in [0.717, 1.165) is 24.3 Å². The molecule has 0 radical (unpaired) electrons. The van der Waals surface area contributed by atoms with Crippen LogP contribution in [-0.2, 0) is 10.0 Å². The highest BCUT2D eigenvalue weighted by atomic mass is 32.2. The molecule has 0 amide bonds. The molecule has 2 aromatic rings. The highest BCUT2D eigenvalue weighted by Crippen LogP contribution is 2.22. The highest BCUT2D eigenvalue weighted by Gasteiger charge is 2.22. The Hall–Kier alpha value is -2.48. The van der Waals surface area contributed by atoms with Crippen LogP contribution in [0.2, 0.25) is 0 Å². The number of benzene rings is 2. The standard InChI is InChI=1S/C13H9F2NO4S/c14-9-3-1-2-4-11(9)16-21(19,20)12-7-8(13(17)18)5-6-10(12)15/h1-7,16H,(H,17,18). The van der Waals surface area contributed by atoms with E-state index in [-0.39, 0.29) is 5.69 Å². The number of hydrogen-bond donors (Lipinski definition) is 2. The summed E-state index contributed by atoms with van der Waals surface area (Å²) in [5.74, 6) is -3.38. The molecule has 2 N–H and O–H groups in total. The molecule has 8 heteroatoms. The molecule has 0 saturated heterocycles. The zero-order chi connectivity index (χ0) is 15.6. The maximum absolute atomic E-state index is 13.6. The quantitative estimate of drug-likeness (QED) is 0.908. The summed E-state index contributed by atoms with van der Waals surface area (Å²) in [6.45, 7) is 0. The van der Waals surface area contributed by atoms with Crippen LogP contribution in [0.4, 0.5) is 14.5 Å². The van der Waals surface area contributed by atoms with E-state index in [1.165, 1.54) is 12.1 Å². The summed E-state index contributed by atoms with van der Waals surface area (Å²) in [6, 6.07) is 7.26. The van der Waals surface area contributed by atoms with Crippen LogP contribution in [0.3, 0.4) is 0 Å². The second-order valence-electron chi connectivity index (χ2n) is 4.04. The van der Waals surface area contributed by atoms with Gasteiger partial charge >= 0.3 is 5.97 Å². The first kappa shape index (κ1) is 14.9. The number of halogens is 2. The van der Waals surface area contributed by atoms with E-state index in [0.29, 0.717) is 6.07 Å². The Kier molecular flexibility index (Phi) is 3.90. The second-order valence-corrected chi connectivity index (χ2v) is 5.69. The third-order valence-corrected chi connectivity index (χ3v) is 3.97. The minimum absolute atomic E-state index is 0.363. The van der Waals surface area contributed by atoms with Crippen LogP contribution in [0.1, 0.15) is 10.4 Å². The number of rotatable bonds is 4. The van der Waals surface area contributed by atoms with Gasteiger partial charge in [0.25, 0.3) is 10.0 Å². The number of para-hydroxylation sites is 1. The molecule has 0 unspecified atom stereocenters. The van der Waals surface area contributed by atoms with Gasteiger partial charge in [-0.25, -0.2) is 22.0 Å². The SMILES string of the molecule is O=C(O)c1ccc(F)c(S(=O)(=O)Nc2ccccc2F)c1.